The summed E-state index contributed by atoms with van der Waals surface area (Å²) in [5, 5.41) is 22.6. The summed E-state index contributed by atoms with van der Waals surface area (Å²) in [6.45, 7) is 16.2. The Balaban J connectivity index is 1.66. The zero-order valence-corrected chi connectivity index (χ0v) is 21.3. The summed E-state index contributed by atoms with van der Waals surface area (Å²) < 4.78 is 0. The van der Waals surface area contributed by atoms with E-state index in [1.807, 2.05) is 0 Å². The first kappa shape index (κ1) is 22.8. The highest BCUT2D eigenvalue weighted by atomic mass is 16.3. The number of hydrogen-bond donors (Lipinski definition) is 2. The summed E-state index contributed by atoms with van der Waals surface area (Å²) in [6.07, 6.45) is 8.73. The average Bonchev–Trinajstić information content (AvgIpc) is 2.66. The first-order valence-electron chi connectivity index (χ1n) is 13.0. The van der Waals surface area contributed by atoms with Gasteiger partial charge in [-0.15, -0.1) is 0 Å². The van der Waals surface area contributed by atoms with E-state index < -0.39 is 6.10 Å². The second-order valence-corrected chi connectivity index (χ2v) is 14.2. The number of rotatable bonds is 0. The summed E-state index contributed by atoms with van der Waals surface area (Å²) in [5.41, 5.74) is 3.28. The van der Waals surface area contributed by atoms with Crippen molar-refractivity contribution in [1.29, 1.82) is 0 Å². The molecular weight excluding hydrogens is 396 g/mol. The molecule has 32 heavy (non-hydrogen) atoms. The van der Waals surface area contributed by atoms with Crippen LogP contribution in [0.3, 0.4) is 0 Å². The molecule has 5 aliphatic rings. The van der Waals surface area contributed by atoms with Gasteiger partial charge in [0.2, 0.25) is 0 Å². The molecule has 0 spiro atoms. The molecule has 178 valence electrons. The lowest BCUT2D eigenvalue weighted by Crippen LogP contribution is -2.66. The topological polar surface area (TPSA) is 57.5 Å². The molecule has 0 amide bonds. The Bertz CT molecular complexity index is 923. The molecule has 0 saturated heterocycles. The number of aliphatic hydroxyl groups excluding tert-OH is 2. The van der Waals surface area contributed by atoms with E-state index in [1.54, 1.807) is 0 Å². The number of ketones is 1. The standard InChI is InChI=1S/C29H44O3/c1-25(2)11-8-17-18(15-25)19-14-20(30)24-27(5)12-10-23(32)26(3,4)22(27)9-13-28(24,6)29(19,7)16-21(17)31/h14,20,22-24,30,32H,8-13,15-16H2,1-7H3. The molecule has 0 radical (unpaired) electrons. The molecular formula is C29H44O3. The maximum absolute atomic E-state index is 13.5. The van der Waals surface area contributed by atoms with E-state index in [-0.39, 0.29) is 39.1 Å². The van der Waals surface area contributed by atoms with Gasteiger partial charge >= 0.3 is 0 Å². The molecule has 0 bridgehead atoms. The predicted octanol–water partition coefficient (Wildman–Crippen LogP) is 5.99. The summed E-state index contributed by atoms with van der Waals surface area (Å²) in [6, 6.07) is 0. The Morgan fingerprint density at radius 1 is 0.875 bits per heavy atom. The fourth-order valence-corrected chi connectivity index (χ4v) is 9.63. The molecule has 2 N–H and O–H groups in total. The first-order valence-corrected chi connectivity index (χ1v) is 13.0. The summed E-state index contributed by atoms with van der Waals surface area (Å²) >= 11 is 0. The van der Waals surface area contributed by atoms with E-state index in [0.29, 0.717) is 18.1 Å². The minimum Gasteiger partial charge on any atom is -0.393 e. The Morgan fingerprint density at radius 2 is 1.56 bits per heavy atom. The SMILES string of the molecule is CC1(C)CCC2=C(C1)C1=CC(O)C3C4(C)CCC(O)C(C)(C)C4CCC3(C)C1(C)CC2=O. The molecule has 0 heterocycles. The third kappa shape index (κ3) is 2.70. The van der Waals surface area contributed by atoms with Gasteiger partial charge in [-0.3, -0.25) is 4.79 Å². The summed E-state index contributed by atoms with van der Waals surface area (Å²) in [5.74, 6) is 0.853. The maximum atomic E-state index is 13.5. The molecule has 3 nitrogen and oxygen atoms in total. The number of hydrogen-bond acceptors (Lipinski definition) is 3. The number of aliphatic hydroxyl groups is 2. The van der Waals surface area contributed by atoms with Crippen molar-refractivity contribution in [3.63, 3.8) is 0 Å². The molecule has 2 saturated carbocycles. The molecule has 2 fully saturated rings. The van der Waals surface area contributed by atoms with Crippen molar-refractivity contribution in [3.8, 4) is 0 Å². The van der Waals surface area contributed by atoms with Crippen LogP contribution in [0.15, 0.2) is 22.8 Å². The van der Waals surface area contributed by atoms with Crippen molar-refractivity contribution in [2.24, 2.45) is 38.9 Å². The average molecular weight is 441 g/mol. The van der Waals surface area contributed by atoms with E-state index in [0.717, 1.165) is 50.5 Å². The lowest BCUT2D eigenvalue weighted by molar-refractivity contribution is -0.216. The molecule has 7 atom stereocenters. The lowest BCUT2D eigenvalue weighted by atomic mass is 9.35. The van der Waals surface area contributed by atoms with Crippen LogP contribution in [0.25, 0.3) is 0 Å². The molecule has 3 heteroatoms. The van der Waals surface area contributed by atoms with Crippen molar-refractivity contribution in [3.05, 3.63) is 22.8 Å². The van der Waals surface area contributed by atoms with Crippen molar-refractivity contribution in [2.75, 3.05) is 0 Å². The van der Waals surface area contributed by atoms with Crippen molar-refractivity contribution in [1.82, 2.24) is 0 Å². The Morgan fingerprint density at radius 3 is 2.25 bits per heavy atom. The number of carbonyl (C=O) groups excluding carboxylic acids is 1. The molecule has 0 aliphatic heterocycles. The van der Waals surface area contributed by atoms with Crippen molar-refractivity contribution < 1.29 is 15.0 Å². The van der Waals surface area contributed by atoms with Crippen LogP contribution >= 0.6 is 0 Å². The minimum atomic E-state index is -0.492. The van der Waals surface area contributed by atoms with Crippen LogP contribution in [0.2, 0.25) is 0 Å². The molecule has 7 unspecified atom stereocenters. The summed E-state index contributed by atoms with van der Waals surface area (Å²) in [4.78, 5) is 13.5. The van der Waals surface area contributed by atoms with Crippen LogP contribution in [-0.4, -0.2) is 28.2 Å². The molecule has 0 aromatic heterocycles. The van der Waals surface area contributed by atoms with Gasteiger partial charge in [-0.25, -0.2) is 0 Å². The van der Waals surface area contributed by atoms with Gasteiger partial charge in [0.1, 0.15) is 0 Å². The fourth-order valence-electron chi connectivity index (χ4n) is 9.63. The van der Waals surface area contributed by atoms with Crippen LogP contribution in [0.1, 0.15) is 99.8 Å². The van der Waals surface area contributed by atoms with Gasteiger partial charge in [0.05, 0.1) is 12.2 Å². The number of fused-ring (bicyclic) bond motifs is 6. The molecule has 0 aromatic carbocycles. The van der Waals surface area contributed by atoms with E-state index in [2.05, 4.69) is 54.5 Å². The van der Waals surface area contributed by atoms with Crippen molar-refractivity contribution in [2.45, 2.75) is 112 Å². The Kier molecular flexibility index (Phi) is 4.71. The quantitative estimate of drug-likeness (QED) is 0.486. The van der Waals surface area contributed by atoms with Crippen LogP contribution in [0.5, 0.6) is 0 Å². The Hall–Kier alpha value is -0.930. The maximum Gasteiger partial charge on any atom is 0.160 e. The van der Waals surface area contributed by atoms with Crippen LogP contribution in [-0.2, 0) is 4.79 Å². The highest BCUT2D eigenvalue weighted by Crippen LogP contribution is 2.73. The van der Waals surface area contributed by atoms with Crippen LogP contribution in [0, 0.1) is 38.9 Å². The number of Topliss-reactive ketones (excluding diaryl/α,β-unsaturated/α-hetero) is 1. The minimum absolute atomic E-state index is 0.0380. The van der Waals surface area contributed by atoms with Gasteiger partial charge in [0.25, 0.3) is 0 Å². The molecule has 5 rings (SSSR count). The zero-order chi connectivity index (χ0) is 23.5. The largest absolute Gasteiger partial charge is 0.393 e. The van der Waals surface area contributed by atoms with Crippen molar-refractivity contribution >= 4 is 5.78 Å². The monoisotopic (exact) mass is 440 g/mol. The van der Waals surface area contributed by atoms with Gasteiger partial charge < -0.3 is 10.2 Å². The van der Waals surface area contributed by atoms with Gasteiger partial charge in [0.15, 0.2) is 5.78 Å². The third-order valence-electron chi connectivity index (χ3n) is 11.6. The molecule has 0 aromatic rings. The van der Waals surface area contributed by atoms with Gasteiger partial charge in [0, 0.05) is 17.8 Å². The smallest absolute Gasteiger partial charge is 0.160 e. The van der Waals surface area contributed by atoms with Gasteiger partial charge in [-0.2, -0.15) is 0 Å². The third-order valence-corrected chi connectivity index (χ3v) is 11.6. The van der Waals surface area contributed by atoms with Crippen LogP contribution in [0.4, 0.5) is 0 Å². The lowest BCUT2D eigenvalue weighted by Gasteiger charge is -2.70. The highest BCUT2D eigenvalue weighted by Gasteiger charge is 2.68. The highest BCUT2D eigenvalue weighted by molar-refractivity contribution is 6.00. The first-order chi connectivity index (χ1) is 14.7. The van der Waals surface area contributed by atoms with Gasteiger partial charge in [-0.1, -0.05) is 54.5 Å². The number of carbonyl (C=O) groups is 1. The van der Waals surface area contributed by atoms with Crippen LogP contribution < -0.4 is 0 Å². The van der Waals surface area contributed by atoms with E-state index in [4.69, 9.17) is 0 Å². The number of allylic oxidation sites excluding steroid dienone is 3. The van der Waals surface area contributed by atoms with E-state index in [1.165, 1.54) is 11.1 Å². The molecule has 5 aliphatic carbocycles. The second kappa shape index (κ2) is 6.60. The van der Waals surface area contributed by atoms with E-state index in [9.17, 15) is 15.0 Å². The normalized spacial score (nSPS) is 49.4. The predicted molar refractivity (Wildman–Crippen MR) is 128 cm³/mol. The summed E-state index contributed by atoms with van der Waals surface area (Å²) in [7, 11) is 0. The zero-order valence-electron chi connectivity index (χ0n) is 21.3. The second-order valence-electron chi connectivity index (χ2n) is 14.2. The van der Waals surface area contributed by atoms with E-state index >= 15 is 0 Å². The fraction of sp³-hybridized carbons (Fsp3) is 0.828. The van der Waals surface area contributed by atoms with Gasteiger partial charge in [-0.05, 0) is 89.2 Å². The Labute approximate surface area is 194 Å².